The van der Waals surface area contributed by atoms with Crippen molar-refractivity contribution >= 4 is 18.3 Å². The number of carbonyl (C=O) groups excluding carboxylic acids is 1. The summed E-state index contributed by atoms with van der Waals surface area (Å²) in [4.78, 5) is 14.2. The lowest BCUT2D eigenvalue weighted by atomic mass is 9.88. The van der Waals surface area contributed by atoms with Crippen molar-refractivity contribution in [1.29, 1.82) is 0 Å². The Labute approximate surface area is 124 Å². The first kappa shape index (κ1) is 15.3. The molecule has 0 bridgehead atoms. The lowest BCUT2D eigenvalue weighted by Gasteiger charge is -2.34. The van der Waals surface area contributed by atoms with E-state index in [1.807, 2.05) is 11.0 Å². The SMILES string of the molecule is Cl.O=C(Cc1cccc(F)c1)N1CCC2CNCC2C1. The maximum atomic E-state index is 13.1. The van der Waals surface area contributed by atoms with Crippen LogP contribution in [0.3, 0.4) is 0 Å². The molecule has 1 amide bonds. The largest absolute Gasteiger partial charge is 0.342 e. The first-order chi connectivity index (χ1) is 9.22. The van der Waals surface area contributed by atoms with Gasteiger partial charge in [0.1, 0.15) is 5.82 Å². The van der Waals surface area contributed by atoms with Crippen LogP contribution in [0.25, 0.3) is 0 Å². The molecule has 3 nitrogen and oxygen atoms in total. The van der Waals surface area contributed by atoms with Crippen LogP contribution in [0.1, 0.15) is 12.0 Å². The van der Waals surface area contributed by atoms with Crippen molar-refractivity contribution in [3.05, 3.63) is 35.6 Å². The predicted octanol–water partition coefficient (Wildman–Crippen LogP) is 1.86. The Kier molecular flexibility index (Phi) is 5.00. The third-order valence-corrected chi connectivity index (χ3v) is 4.30. The average molecular weight is 299 g/mol. The summed E-state index contributed by atoms with van der Waals surface area (Å²) in [7, 11) is 0. The van der Waals surface area contributed by atoms with E-state index >= 15 is 0 Å². The molecule has 1 N–H and O–H groups in total. The first-order valence-corrected chi connectivity index (χ1v) is 6.95. The Balaban J connectivity index is 0.00000147. The smallest absolute Gasteiger partial charge is 0.227 e. The molecule has 2 fully saturated rings. The number of nitrogens with zero attached hydrogens (tertiary/aromatic N) is 1. The van der Waals surface area contributed by atoms with E-state index in [9.17, 15) is 9.18 Å². The van der Waals surface area contributed by atoms with Crippen LogP contribution < -0.4 is 5.32 Å². The van der Waals surface area contributed by atoms with Crippen molar-refractivity contribution in [2.45, 2.75) is 12.8 Å². The molecule has 2 saturated heterocycles. The van der Waals surface area contributed by atoms with Gasteiger partial charge in [0.05, 0.1) is 6.42 Å². The van der Waals surface area contributed by atoms with Gasteiger partial charge in [-0.25, -0.2) is 4.39 Å². The van der Waals surface area contributed by atoms with E-state index in [-0.39, 0.29) is 24.1 Å². The van der Waals surface area contributed by atoms with Crippen LogP contribution in [0.15, 0.2) is 24.3 Å². The normalized spacial score (nSPS) is 24.9. The van der Waals surface area contributed by atoms with Gasteiger partial charge in [0.25, 0.3) is 0 Å². The fourth-order valence-corrected chi connectivity index (χ4v) is 3.19. The minimum Gasteiger partial charge on any atom is -0.342 e. The number of likely N-dealkylation sites (tertiary alicyclic amines) is 1. The van der Waals surface area contributed by atoms with Crippen LogP contribution in [0, 0.1) is 17.7 Å². The van der Waals surface area contributed by atoms with Crippen LogP contribution in [0.4, 0.5) is 4.39 Å². The molecule has 0 aromatic heterocycles. The molecule has 20 heavy (non-hydrogen) atoms. The first-order valence-electron chi connectivity index (χ1n) is 6.95. The second kappa shape index (κ2) is 6.55. The number of nitrogens with one attached hydrogen (secondary N) is 1. The number of amides is 1. The molecule has 2 aliphatic heterocycles. The molecule has 2 heterocycles. The topological polar surface area (TPSA) is 32.3 Å². The maximum Gasteiger partial charge on any atom is 0.227 e. The fraction of sp³-hybridized carbons (Fsp3) is 0.533. The van der Waals surface area contributed by atoms with Gasteiger partial charge in [-0.1, -0.05) is 12.1 Å². The zero-order chi connectivity index (χ0) is 13.2. The molecule has 110 valence electrons. The summed E-state index contributed by atoms with van der Waals surface area (Å²) >= 11 is 0. The Bertz CT molecular complexity index is 483. The van der Waals surface area contributed by atoms with Gasteiger partial charge in [0.2, 0.25) is 5.91 Å². The van der Waals surface area contributed by atoms with Crippen molar-refractivity contribution in [1.82, 2.24) is 10.2 Å². The zero-order valence-corrected chi connectivity index (χ0v) is 12.2. The molecule has 0 spiro atoms. The van der Waals surface area contributed by atoms with E-state index in [4.69, 9.17) is 0 Å². The lowest BCUT2D eigenvalue weighted by Crippen LogP contribution is -2.44. The standard InChI is InChI=1S/C15H19FN2O.ClH/c16-14-3-1-2-11(6-14)7-15(19)18-5-4-12-8-17-9-13(12)10-18;/h1-3,6,12-13,17H,4-5,7-10H2;1H. The highest BCUT2D eigenvalue weighted by Gasteiger charge is 2.34. The van der Waals surface area contributed by atoms with Crippen molar-refractivity contribution in [3.63, 3.8) is 0 Å². The molecular weight excluding hydrogens is 279 g/mol. The number of hydrogen-bond donors (Lipinski definition) is 1. The second-order valence-electron chi connectivity index (χ2n) is 5.61. The molecule has 2 aliphatic rings. The lowest BCUT2D eigenvalue weighted by molar-refractivity contribution is -0.132. The summed E-state index contributed by atoms with van der Waals surface area (Å²) in [6.07, 6.45) is 1.40. The number of benzene rings is 1. The minimum absolute atomic E-state index is 0. The van der Waals surface area contributed by atoms with Gasteiger partial charge in [-0.2, -0.15) is 0 Å². The third-order valence-electron chi connectivity index (χ3n) is 4.30. The summed E-state index contributed by atoms with van der Waals surface area (Å²) in [5.41, 5.74) is 0.761. The third kappa shape index (κ3) is 3.30. The van der Waals surface area contributed by atoms with Crippen molar-refractivity contribution < 1.29 is 9.18 Å². The minimum atomic E-state index is -0.274. The number of rotatable bonds is 2. The van der Waals surface area contributed by atoms with Gasteiger partial charge in [-0.05, 0) is 49.0 Å². The Morgan fingerprint density at radius 1 is 1.35 bits per heavy atom. The fourth-order valence-electron chi connectivity index (χ4n) is 3.19. The van der Waals surface area contributed by atoms with Crippen LogP contribution in [0.2, 0.25) is 0 Å². The van der Waals surface area contributed by atoms with Crippen LogP contribution >= 0.6 is 12.4 Å². The Hall–Kier alpha value is -1.13. The van der Waals surface area contributed by atoms with Crippen LogP contribution in [0.5, 0.6) is 0 Å². The van der Waals surface area contributed by atoms with Crippen molar-refractivity contribution in [2.75, 3.05) is 26.2 Å². The average Bonchev–Trinajstić information content (AvgIpc) is 2.85. The molecule has 5 heteroatoms. The molecule has 0 saturated carbocycles. The van der Waals surface area contributed by atoms with E-state index in [0.29, 0.717) is 12.3 Å². The molecule has 3 rings (SSSR count). The summed E-state index contributed by atoms with van der Waals surface area (Å²) in [6, 6.07) is 6.32. The van der Waals surface area contributed by atoms with Crippen LogP contribution in [-0.2, 0) is 11.2 Å². The molecule has 0 aliphatic carbocycles. The summed E-state index contributed by atoms with van der Waals surface area (Å²) < 4.78 is 13.1. The van der Waals surface area contributed by atoms with Crippen molar-refractivity contribution in [3.8, 4) is 0 Å². The number of hydrogen-bond acceptors (Lipinski definition) is 2. The van der Waals surface area contributed by atoms with Gasteiger partial charge in [0, 0.05) is 13.1 Å². The summed E-state index contributed by atoms with van der Waals surface area (Å²) in [6.45, 7) is 3.81. The van der Waals surface area contributed by atoms with E-state index in [1.165, 1.54) is 12.1 Å². The molecule has 2 unspecified atom stereocenters. The highest BCUT2D eigenvalue weighted by Crippen LogP contribution is 2.26. The van der Waals surface area contributed by atoms with Gasteiger partial charge in [-0.15, -0.1) is 12.4 Å². The number of piperidine rings is 1. The van der Waals surface area contributed by atoms with Crippen LogP contribution in [-0.4, -0.2) is 37.0 Å². The van der Waals surface area contributed by atoms with Gasteiger partial charge < -0.3 is 10.2 Å². The predicted molar refractivity (Wildman–Crippen MR) is 78.4 cm³/mol. The monoisotopic (exact) mass is 298 g/mol. The van der Waals surface area contributed by atoms with Gasteiger partial charge in [-0.3, -0.25) is 4.79 Å². The highest BCUT2D eigenvalue weighted by atomic mass is 35.5. The summed E-state index contributed by atoms with van der Waals surface area (Å²) in [5, 5.41) is 3.39. The molecule has 1 aromatic carbocycles. The molecular formula is C15H20ClFN2O. The number of halogens is 2. The van der Waals surface area contributed by atoms with E-state index in [1.54, 1.807) is 6.07 Å². The zero-order valence-electron chi connectivity index (χ0n) is 11.3. The van der Waals surface area contributed by atoms with E-state index in [0.717, 1.165) is 44.1 Å². The maximum absolute atomic E-state index is 13.1. The highest BCUT2D eigenvalue weighted by molar-refractivity contribution is 5.85. The second-order valence-corrected chi connectivity index (χ2v) is 5.61. The summed E-state index contributed by atoms with van der Waals surface area (Å²) in [5.74, 6) is 1.18. The quantitative estimate of drug-likeness (QED) is 0.904. The van der Waals surface area contributed by atoms with E-state index in [2.05, 4.69) is 5.32 Å². The number of fused-ring (bicyclic) bond motifs is 1. The van der Waals surface area contributed by atoms with E-state index < -0.39 is 0 Å². The Morgan fingerprint density at radius 3 is 2.95 bits per heavy atom. The number of carbonyl (C=O) groups is 1. The van der Waals surface area contributed by atoms with Gasteiger partial charge in [0.15, 0.2) is 0 Å². The van der Waals surface area contributed by atoms with Gasteiger partial charge >= 0.3 is 0 Å². The molecule has 0 radical (unpaired) electrons. The molecule has 2 atom stereocenters. The molecule has 1 aromatic rings. The van der Waals surface area contributed by atoms with Crippen molar-refractivity contribution in [2.24, 2.45) is 11.8 Å². The Morgan fingerprint density at radius 2 is 2.15 bits per heavy atom.